The van der Waals surface area contributed by atoms with Crippen LogP contribution in [0.4, 0.5) is 0 Å². The van der Waals surface area contributed by atoms with Crippen molar-refractivity contribution < 1.29 is 0 Å². The number of hydrogen-bond donors (Lipinski definition) is 0. The molecule has 4 aliphatic carbocycles. The van der Waals surface area contributed by atoms with Crippen molar-refractivity contribution in [2.24, 2.45) is 29.1 Å². The second-order valence-electron chi connectivity index (χ2n) is 10.0. The van der Waals surface area contributed by atoms with Crippen LogP contribution in [0, 0.1) is 36.0 Å². The van der Waals surface area contributed by atoms with E-state index in [9.17, 15) is 0 Å². The van der Waals surface area contributed by atoms with E-state index in [2.05, 4.69) is 85.3 Å². The highest BCUT2D eigenvalue weighted by Crippen LogP contribution is 2.82. The van der Waals surface area contributed by atoms with Crippen LogP contribution in [-0.2, 0) is 4.08 Å². The Bertz CT molecular complexity index is 644. The lowest BCUT2D eigenvalue weighted by molar-refractivity contribution is 0.0156. The Balaban J connectivity index is 1.56. The monoisotopic (exact) mass is 390 g/mol. The van der Waals surface area contributed by atoms with Crippen LogP contribution >= 0.6 is 33.3 Å². The van der Waals surface area contributed by atoms with E-state index in [0.29, 0.717) is 4.08 Å². The Labute approximate surface area is 165 Å². The highest BCUT2D eigenvalue weighted by Gasteiger charge is 2.66. The van der Waals surface area contributed by atoms with E-state index in [4.69, 9.17) is 0 Å². The average Bonchev–Trinajstić information content (AvgIpc) is 2.96. The molecule has 6 rings (SSSR count). The summed E-state index contributed by atoms with van der Waals surface area (Å²) in [7, 11) is 4.51. The molecule has 4 saturated carbocycles. The molecule has 1 aromatic rings. The first-order valence-corrected chi connectivity index (χ1v) is 12.9. The van der Waals surface area contributed by atoms with Crippen LogP contribution in [0.3, 0.4) is 0 Å². The molecular formula is C22H30S3. The van der Waals surface area contributed by atoms with Gasteiger partial charge in [0.05, 0.1) is 4.08 Å². The Morgan fingerprint density at radius 3 is 1.92 bits per heavy atom. The Kier molecular flexibility index (Phi) is 3.92. The maximum absolute atomic E-state index is 2.46. The van der Waals surface area contributed by atoms with Crippen molar-refractivity contribution in [1.82, 2.24) is 0 Å². The predicted octanol–water partition coefficient (Wildman–Crippen LogP) is 7.47. The van der Waals surface area contributed by atoms with Gasteiger partial charge in [0, 0.05) is 0 Å². The minimum Gasteiger partial charge on any atom is -0.119 e. The molecule has 4 bridgehead atoms. The van der Waals surface area contributed by atoms with Crippen molar-refractivity contribution in [3.05, 3.63) is 35.4 Å². The molecule has 1 spiro atoms. The molecule has 3 heteroatoms. The molecule has 1 atom stereocenters. The van der Waals surface area contributed by atoms with Crippen LogP contribution in [0.25, 0.3) is 0 Å². The van der Waals surface area contributed by atoms with Crippen LogP contribution in [-0.4, -0.2) is 4.08 Å². The summed E-state index contributed by atoms with van der Waals surface area (Å²) in [5, 5.41) is 0. The molecule has 0 radical (unpaired) electrons. The molecule has 0 amide bonds. The Morgan fingerprint density at radius 1 is 0.840 bits per heavy atom. The molecule has 1 aromatic carbocycles. The third-order valence-electron chi connectivity index (χ3n) is 7.29. The van der Waals surface area contributed by atoms with Crippen LogP contribution < -0.4 is 0 Å². The molecule has 0 N–H and O–H groups in total. The fourth-order valence-corrected chi connectivity index (χ4v) is 14.3. The van der Waals surface area contributed by atoms with Crippen LogP contribution in [0.1, 0.15) is 64.0 Å². The summed E-state index contributed by atoms with van der Waals surface area (Å²) in [4.78, 5) is 0. The number of benzene rings is 1. The Hall–Kier alpha value is 0.270. The van der Waals surface area contributed by atoms with Gasteiger partial charge in [0.15, 0.2) is 0 Å². The summed E-state index contributed by atoms with van der Waals surface area (Å²) in [6, 6.07) is 9.46. The summed E-state index contributed by atoms with van der Waals surface area (Å²) >= 11 is 2.39. The summed E-state index contributed by atoms with van der Waals surface area (Å²) < 4.78 is 0.664. The lowest BCUT2D eigenvalue weighted by atomic mass is 9.56. The molecule has 5 aliphatic rings. The standard InChI is InChI=1S/C22H30S3/c1-14-5-7-17(8-6-14)22(20(2,3)4)23-21(24-25-22)18-10-15-9-16(12-18)13-19(21)11-15/h5-8,15-16,18-19H,9-13H2,1-4H3/t15?,16?,18?,19?,21?,22-/m0/s1. The van der Waals surface area contributed by atoms with Crippen molar-refractivity contribution in [2.75, 3.05) is 0 Å². The minimum absolute atomic E-state index is 0.181. The van der Waals surface area contributed by atoms with Gasteiger partial charge >= 0.3 is 0 Å². The van der Waals surface area contributed by atoms with Gasteiger partial charge in [0.1, 0.15) is 4.08 Å². The average molecular weight is 391 g/mol. The number of rotatable bonds is 1. The van der Waals surface area contributed by atoms with Crippen molar-refractivity contribution in [3.8, 4) is 0 Å². The summed E-state index contributed by atoms with van der Waals surface area (Å²) in [5.41, 5.74) is 3.17. The molecule has 0 aromatic heterocycles. The van der Waals surface area contributed by atoms with E-state index in [1.165, 1.54) is 31.2 Å². The smallest absolute Gasteiger partial charge is 0.103 e. The van der Waals surface area contributed by atoms with Gasteiger partial charge in [-0.2, -0.15) is 0 Å². The maximum atomic E-state index is 2.46. The largest absolute Gasteiger partial charge is 0.119 e. The van der Waals surface area contributed by atoms with Gasteiger partial charge in [-0.05, 0) is 73.7 Å². The van der Waals surface area contributed by atoms with Crippen LogP contribution in [0.15, 0.2) is 24.3 Å². The van der Waals surface area contributed by atoms with E-state index < -0.39 is 0 Å². The summed E-state index contributed by atoms with van der Waals surface area (Å²) in [6.45, 7) is 9.59. The van der Waals surface area contributed by atoms with Crippen LogP contribution in [0.2, 0.25) is 0 Å². The predicted molar refractivity (Wildman–Crippen MR) is 115 cm³/mol. The topological polar surface area (TPSA) is 0 Å². The molecule has 136 valence electrons. The zero-order valence-electron chi connectivity index (χ0n) is 15.9. The van der Waals surface area contributed by atoms with Crippen molar-refractivity contribution >= 4 is 33.3 Å². The zero-order valence-corrected chi connectivity index (χ0v) is 18.3. The Morgan fingerprint density at radius 2 is 1.40 bits per heavy atom. The van der Waals surface area contributed by atoms with E-state index in [1.807, 2.05) is 0 Å². The lowest BCUT2D eigenvalue weighted by Gasteiger charge is -2.59. The van der Waals surface area contributed by atoms with Crippen LogP contribution in [0.5, 0.6) is 0 Å². The third kappa shape index (κ3) is 2.44. The first-order valence-electron chi connectivity index (χ1n) is 9.96. The van der Waals surface area contributed by atoms with Gasteiger partial charge in [-0.25, -0.2) is 0 Å². The molecule has 1 aliphatic heterocycles. The molecule has 5 fully saturated rings. The maximum Gasteiger partial charge on any atom is 0.103 e. The highest BCUT2D eigenvalue weighted by atomic mass is 33.1. The van der Waals surface area contributed by atoms with Gasteiger partial charge in [-0.3, -0.25) is 0 Å². The normalized spacial score (nSPS) is 45.4. The zero-order chi connectivity index (χ0) is 17.4. The highest BCUT2D eigenvalue weighted by molar-refractivity contribution is 8.83. The second-order valence-corrected chi connectivity index (χ2v) is 14.7. The van der Waals surface area contributed by atoms with Crippen molar-refractivity contribution in [3.63, 3.8) is 0 Å². The quantitative estimate of drug-likeness (QED) is 0.456. The van der Waals surface area contributed by atoms with Crippen molar-refractivity contribution in [1.29, 1.82) is 0 Å². The number of aryl methyl sites for hydroxylation is 1. The van der Waals surface area contributed by atoms with Gasteiger partial charge < -0.3 is 0 Å². The third-order valence-corrected chi connectivity index (χ3v) is 15.0. The van der Waals surface area contributed by atoms with Gasteiger partial charge in [-0.1, -0.05) is 72.2 Å². The van der Waals surface area contributed by atoms with E-state index in [1.54, 1.807) is 12.0 Å². The molecule has 0 nitrogen and oxygen atoms in total. The first-order chi connectivity index (χ1) is 11.8. The molecule has 1 saturated heterocycles. The summed E-state index contributed by atoms with van der Waals surface area (Å²) in [6.07, 6.45) is 7.61. The molecule has 1 heterocycles. The molecule has 0 unspecified atom stereocenters. The van der Waals surface area contributed by atoms with Gasteiger partial charge in [-0.15, -0.1) is 11.8 Å². The summed E-state index contributed by atoms with van der Waals surface area (Å²) in [5.74, 6) is 4.04. The first kappa shape index (κ1) is 17.4. The SMILES string of the molecule is Cc1ccc([C@@]2(C(C)(C)C)SSC3(S2)C2CC4CC(C2)CC3C4)cc1. The fraction of sp³-hybridized carbons (Fsp3) is 0.727. The lowest BCUT2D eigenvalue weighted by Crippen LogP contribution is -2.53. The molecule has 25 heavy (non-hydrogen) atoms. The molecular weight excluding hydrogens is 360 g/mol. The number of hydrogen-bond acceptors (Lipinski definition) is 3. The van der Waals surface area contributed by atoms with Crippen molar-refractivity contribution in [2.45, 2.75) is 68.0 Å². The van der Waals surface area contributed by atoms with E-state index in [0.717, 1.165) is 23.7 Å². The fourth-order valence-electron chi connectivity index (χ4n) is 6.12. The number of thioether (sulfide) groups is 1. The van der Waals surface area contributed by atoms with E-state index in [-0.39, 0.29) is 9.49 Å². The van der Waals surface area contributed by atoms with Gasteiger partial charge in [0.2, 0.25) is 0 Å². The van der Waals surface area contributed by atoms with E-state index >= 15 is 0 Å². The second kappa shape index (κ2) is 5.64. The van der Waals surface area contributed by atoms with Gasteiger partial charge in [0.25, 0.3) is 0 Å². The minimum atomic E-state index is 0.181.